The topological polar surface area (TPSA) is 78.4 Å². The van der Waals surface area contributed by atoms with Gasteiger partial charge in [-0.2, -0.15) is 13.2 Å². The molecule has 1 aliphatic rings. The molecular weight excluding hydrogens is 405 g/mol. The minimum atomic E-state index is -5.26. The average molecular weight is 426 g/mol. The molecule has 0 bridgehead atoms. The molecular formula is C20H21F3N2O3S. The number of ketones is 1. The summed E-state index contributed by atoms with van der Waals surface area (Å²) in [5.41, 5.74) is -2.65. The van der Waals surface area contributed by atoms with Gasteiger partial charge in [-0.1, -0.05) is 51.1 Å². The van der Waals surface area contributed by atoms with Crippen LogP contribution in [0.25, 0.3) is 0 Å². The van der Waals surface area contributed by atoms with Crippen molar-refractivity contribution in [1.29, 1.82) is 0 Å². The second-order valence-electron chi connectivity index (χ2n) is 8.03. The summed E-state index contributed by atoms with van der Waals surface area (Å²) in [5.74, 6) is -2.91. The summed E-state index contributed by atoms with van der Waals surface area (Å²) in [6.07, 6.45) is -5.26. The SMILES string of the molecule is CC(C)(C)c1ccc([C@@H]2NC(=O)N[C@](O)(C(F)(F)F)[C@@H]2C(=O)c2cccs2)cc1. The van der Waals surface area contributed by atoms with Gasteiger partial charge in [0.15, 0.2) is 5.78 Å². The van der Waals surface area contributed by atoms with E-state index in [9.17, 15) is 27.9 Å². The highest BCUT2D eigenvalue weighted by Crippen LogP contribution is 2.44. The van der Waals surface area contributed by atoms with Crippen molar-refractivity contribution in [1.82, 2.24) is 10.6 Å². The van der Waals surface area contributed by atoms with Gasteiger partial charge in [0.05, 0.1) is 10.9 Å². The Balaban J connectivity index is 2.11. The Morgan fingerprint density at radius 3 is 2.24 bits per heavy atom. The number of hydrogen-bond donors (Lipinski definition) is 3. The number of nitrogens with one attached hydrogen (secondary N) is 2. The first-order valence-electron chi connectivity index (χ1n) is 8.90. The summed E-state index contributed by atoms with van der Waals surface area (Å²) < 4.78 is 41.5. The molecule has 2 aromatic rings. The number of carbonyl (C=O) groups is 2. The van der Waals surface area contributed by atoms with Gasteiger partial charge < -0.3 is 15.7 Å². The van der Waals surface area contributed by atoms with Crippen LogP contribution in [0.5, 0.6) is 0 Å². The van der Waals surface area contributed by atoms with Gasteiger partial charge in [-0.25, -0.2) is 4.79 Å². The van der Waals surface area contributed by atoms with Gasteiger partial charge in [0.1, 0.15) is 5.92 Å². The molecule has 1 fully saturated rings. The quantitative estimate of drug-likeness (QED) is 0.646. The van der Waals surface area contributed by atoms with Gasteiger partial charge in [-0.3, -0.25) is 4.79 Å². The van der Waals surface area contributed by atoms with Crippen LogP contribution in [-0.4, -0.2) is 28.8 Å². The molecule has 0 radical (unpaired) electrons. The molecule has 0 saturated carbocycles. The fourth-order valence-electron chi connectivity index (χ4n) is 3.38. The largest absolute Gasteiger partial charge is 0.437 e. The predicted molar refractivity (Wildman–Crippen MR) is 103 cm³/mol. The molecule has 0 aliphatic carbocycles. The van der Waals surface area contributed by atoms with E-state index < -0.39 is 35.7 Å². The van der Waals surface area contributed by atoms with E-state index in [-0.39, 0.29) is 10.3 Å². The van der Waals surface area contributed by atoms with E-state index in [0.717, 1.165) is 16.9 Å². The number of thiophene rings is 1. The molecule has 2 amide bonds. The molecule has 1 aromatic heterocycles. The van der Waals surface area contributed by atoms with Gasteiger partial charge in [0, 0.05) is 0 Å². The van der Waals surface area contributed by atoms with E-state index >= 15 is 0 Å². The summed E-state index contributed by atoms with van der Waals surface area (Å²) in [5, 5.41) is 16.0. The summed E-state index contributed by atoms with van der Waals surface area (Å²) in [4.78, 5) is 25.1. The van der Waals surface area contributed by atoms with Crippen LogP contribution in [-0.2, 0) is 5.41 Å². The van der Waals surface area contributed by atoms with Gasteiger partial charge >= 0.3 is 12.2 Å². The molecule has 1 aromatic carbocycles. The third kappa shape index (κ3) is 3.89. The number of Topliss-reactive ketones (excluding diaryl/α,β-unsaturated/α-hetero) is 1. The molecule has 3 N–H and O–H groups in total. The van der Waals surface area contributed by atoms with Crippen molar-refractivity contribution < 1.29 is 27.9 Å². The van der Waals surface area contributed by atoms with Crippen molar-refractivity contribution in [2.45, 2.75) is 44.1 Å². The number of benzene rings is 1. The highest BCUT2D eigenvalue weighted by atomic mass is 32.1. The first kappa shape index (κ1) is 21.3. The zero-order valence-electron chi connectivity index (χ0n) is 16.0. The third-order valence-corrected chi connectivity index (χ3v) is 5.87. The molecule has 1 aliphatic heterocycles. The van der Waals surface area contributed by atoms with Crippen molar-refractivity contribution in [3.63, 3.8) is 0 Å². The Bertz CT molecular complexity index is 905. The zero-order chi connectivity index (χ0) is 21.6. The maximum absolute atomic E-state index is 13.8. The Hall–Kier alpha value is -2.39. The van der Waals surface area contributed by atoms with E-state index in [1.807, 2.05) is 20.8 Å². The van der Waals surface area contributed by atoms with Crippen LogP contribution < -0.4 is 10.6 Å². The summed E-state index contributed by atoms with van der Waals surface area (Å²) in [6, 6.07) is 6.98. The molecule has 0 unspecified atom stereocenters. The number of urea groups is 1. The number of alkyl halides is 3. The number of hydrogen-bond acceptors (Lipinski definition) is 4. The summed E-state index contributed by atoms with van der Waals surface area (Å²) in [7, 11) is 0. The Morgan fingerprint density at radius 1 is 1.14 bits per heavy atom. The van der Waals surface area contributed by atoms with Crippen LogP contribution in [0.4, 0.5) is 18.0 Å². The van der Waals surface area contributed by atoms with Gasteiger partial charge in [-0.15, -0.1) is 11.3 Å². The van der Waals surface area contributed by atoms with E-state index in [1.165, 1.54) is 17.4 Å². The van der Waals surface area contributed by atoms with E-state index in [2.05, 4.69) is 5.32 Å². The van der Waals surface area contributed by atoms with Crippen LogP contribution in [0.15, 0.2) is 41.8 Å². The molecule has 3 rings (SSSR count). The van der Waals surface area contributed by atoms with Crippen LogP contribution in [0.2, 0.25) is 0 Å². The van der Waals surface area contributed by atoms with E-state index in [0.29, 0.717) is 5.56 Å². The number of carbonyl (C=O) groups excluding carboxylic acids is 2. The van der Waals surface area contributed by atoms with Crippen molar-refractivity contribution in [2.24, 2.45) is 5.92 Å². The average Bonchev–Trinajstić information content (AvgIpc) is 3.13. The number of amides is 2. The Morgan fingerprint density at radius 2 is 1.76 bits per heavy atom. The second-order valence-corrected chi connectivity index (χ2v) is 8.98. The van der Waals surface area contributed by atoms with Crippen molar-refractivity contribution >= 4 is 23.2 Å². The summed E-state index contributed by atoms with van der Waals surface area (Å²) >= 11 is 0.971. The lowest BCUT2D eigenvalue weighted by Crippen LogP contribution is -2.72. The first-order valence-corrected chi connectivity index (χ1v) is 9.78. The first-order chi connectivity index (χ1) is 13.3. The maximum atomic E-state index is 13.8. The molecule has 29 heavy (non-hydrogen) atoms. The minimum Gasteiger partial charge on any atom is -0.363 e. The third-order valence-electron chi connectivity index (χ3n) is 4.99. The number of aliphatic hydroxyl groups is 1. The van der Waals surface area contributed by atoms with E-state index in [1.54, 1.807) is 29.6 Å². The Labute approximate surface area is 169 Å². The van der Waals surface area contributed by atoms with Gasteiger partial charge in [0.2, 0.25) is 5.72 Å². The van der Waals surface area contributed by atoms with Crippen LogP contribution in [0, 0.1) is 5.92 Å². The fourth-order valence-corrected chi connectivity index (χ4v) is 4.08. The molecule has 156 valence electrons. The Kier molecular flexibility index (Phi) is 5.25. The monoisotopic (exact) mass is 426 g/mol. The number of rotatable bonds is 3. The zero-order valence-corrected chi connectivity index (χ0v) is 16.8. The standard InChI is InChI=1S/C20H21F3N2O3S/c1-18(2,3)12-8-6-11(7-9-12)15-14(16(26)13-5-4-10-29-13)19(28,20(21,22)23)25-17(27)24-15/h4-10,14-15,28H,1-3H3,(H2,24,25,27)/t14-,15-,19+/m0/s1. The van der Waals surface area contributed by atoms with E-state index in [4.69, 9.17) is 0 Å². The van der Waals surface area contributed by atoms with Crippen LogP contribution in [0.1, 0.15) is 47.6 Å². The highest BCUT2D eigenvalue weighted by molar-refractivity contribution is 7.12. The van der Waals surface area contributed by atoms with Crippen LogP contribution in [0.3, 0.4) is 0 Å². The van der Waals surface area contributed by atoms with Crippen molar-refractivity contribution in [3.05, 3.63) is 57.8 Å². The molecule has 0 spiro atoms. The fraction of sp³-hybridized carbons (Fsp3) is 0.400. The van der Waals surface area contributed by atoms with Crippen LogP contribution >= 0.6 is 11.3 Å². The molecule has 9 heteroatoms. The predicted octanol–water partition coefficient (Wildman–Crippen LogP) is 4.15. The lowest BCUT2D eigenvalue weighted by Gasteiger charge is -2.45. The lowest BCUT2D eigenvalue weighted by molar-refractivity contribution is -0.287. The number of halogens is 3. The molecule has 1 saturated heterocycles. The lowest BCUT2D eigenvalue weighted by atomic mass is 9.78. The smallest absolute Gasteiger partial charge is 0.363 e. The second kappa shape index (κ2) is 7.14. The normalized spacial score (nSPS) is 25.3. The minimum absolute atomic E-state index is 0.0620. The molecule has 5 nitrogen and oxygen atoms in total. The maximum Gasteiger partial charge on any atom is 0.437 e. The van der Waals surface area contributed by atoms with Gasteiger partial charge in [-0.05, 0) is 28.0 Å². The summed E-state index contributed by atoms with van der Waals surface area (Å²) in [6.45, 7) is 5.96. The van der Waals surface area contributed by atoms with Gasteiger partial charge in [0.25, 0.3) is 0 Å². The molecule has 3 atom stereocenters. The highest BCUT2D eigenvalue weighted by Gasteiger charge is 2.66. The van der Waals surface area contributed by atoms with Crippen molar-refractivity contribution in [3.8, 4) is 0 Å². The van der Waals surface area contributed by atoms with Crippen molar-refractivity contribution in [2.75, 3.05) is 0 Å². The molecule has 2 heterocycles.